The molecule has 0 radical (unpaired) electrons. The van der Waals surface area contributed by atoms with Gasteiger partial charge >= 0.3 is 0 Å². The van der Waals surface area contributed by atoms with E-state index in [-0.39, 0.29) is 5.82 Å². The molecule has 0 fully saturated rings. The average molecular weight is 293 g/mol. The van der Waals surface area contributed by atoms with E-state index in [9.17, 15) is 4.39 Å². The van der Waals surface area contributed by atoms with Crippen LogP contribution in [-0.2, 0) is 6.42 Å². The minimum Gasteiger partial charge on any atom is -0.325 e. The molecule has 0 saturated heterocycles. The lowest BCUT2D eigenvalue weighted by Crippen LogP contribution is -2.15. The molecule has 1 aromatic carbocycles. The lowest BCUT2D eigenvalue weighted by molar-refractivity contribution is 0.628. The maximum Gasteiger partial charge on any atom is 0.147 e. The summed E-state index contributed by atoms with van der Waals surface area (Å²) in [6.07, 6.45) is 2.68. The molecule has 0 aliphatic carbocycles. The van der Waals surface area contributed by atoms with Crippen LogP contribution in [0.15, 0.2) is 41.0 Å². The van der Waals surface area contributed by atoms with Crippen molar-refractivity contribution in [1.29, 1.82) is 0 Å². The van der Waals surface area contributed by atoms with Crippen molar-refractivity contribution in [3.8, 4) is 0 Å². The zero-order valence-corrected chi connectivity index (χ0v) is 10.6. The predicted molar refractivity (Wildman–Crippen MR) is 69.0 cm³/mol. The van der Waals surface area contributed by atoms with Crippen molar-refractivity contribution < 1.29 is 4.39 Å². The summed E-state index contributed by atoms with van der Waals surface area (Å²) in [5, 5.41) is 0. The molecule has 3 rings (SSSR count). The van der Waals surface area contributed by atoms with Crippen molar-refractivity contribution in [1.82, 2.24) is 4.98 Å². The zero-order chi connectivity index (χ0) is 11.8. The topological polar surface area (TPSA) is 16.1 Å². The molecule has 1 aliphatic heterocycles. The van der Waals surface area contributed by atoms with Crippen molar-refractivity contribution >= 4 is 27.4 Å². The normalized spacial score (nSPS) is 13.9. The minimum atomic E-state index is -0.206. The first-order valence-corrected chi connectivity index (χ1v) is 6.21. The van der Waals surface area contributed by atoms with Crippen molar-refractivity contribution in [3.05, 3.63) is 52.4 Å². The first-order valence-electron chi connectivity index (χ1n) is 5.42. The molecule has 4 heteroatoms. The fourth-order valence-electron chi connectivity index (χ4n) is 2.15. The molecule has 86 valence electrons. The molecule has 2 heterocycles. The maximum absolute atomic E-state index is 13.3. The molecule has 1 aliphatic rings. The molecule has 0 saturated carbocycles. The number of halogens is 2. The third-order valence-corrected chi connectivity index (χ3v) is 3.56. The SMILES string of the molecule is Fc1ccc2c(c1)N(c1ncccc1Br)CC2. The Morgan fingerprint density at radius 3 is 3.00 bits per heavy atom. The van der Waals surface area contributed by atoms with E-state index in [1.54, 1.807) is 12.3 Å². The summed E-state index contributed by atoms with van der Waals surface area (Å²) in [7, 11) is 0. The van der Waals surface area contributed by atoms with Crippen molar-refractivity contribution in [2.45, 2.75) is 6.42 Å². The standard InChI is InChI=1S/C13H10BrFN2/c14-11-2-1-6-16-13(11)17-7-5-9-3-4-10(15)8-12(9)17/h1-4,6,8H,5,7H2. The van der Waals surface area contributed by atoms with Crippen LogP contribution in [0.25, 0.3) is 0 Å². The van der Waals surface area contributed by atoms with Crippen LogP contribution < -0.4 is 4.90 Å². The van der Waals surface area contributed by atoms with Crippen LogP contribution in [0.5, 0.6) is 0 Å². The number of pyridine rings is 1. The number of benzene rings is 1. The van der Waals surface area contributed by atoms with Crippen molar-refractivity contribution in [2.75, 3.05) is 11.4 Å². The average Bonchev–Trinajstić information content (AvgIpc) is 2.72. The number of anilines is 2. The van der Waals surface area contributed by atoms with Gasteiger partial charge in [0.25, 0.3) is 0 Å². The first-order chi connectivity index (χ1) is 8.25. The van der Waals surface area contributed by atoms with E-state index in [4.69, 9.17) is 0 Å². The van der Waals surface area contributed by atoms with Gasteiger partial charge in [0.15, 0.2) is 0 Å². The highest BCUT2D eigenvalue weighted by molar-refractivity contribution is 9.10. The number of aromatic nitrogens is 1. The Hall–Kier alpha value is -1.42. The minimum absolute atomic E-state index is 0.206. The van der Waals surface area contributed by atoms with Gasteiger partial charge < -0.3 is 4.90 Å². The van der Waals surface area contributed by atoms with Crippen molar-refractivity contribution in [3.63, 3.8) is 0 Å². The van der Waals surface area contributed by atoms with E-state index >= 15 is 0 Å². The quantitative estimate of drug-likeness (QED) is 0.797. The Morgan fingerprint density at radius 2 is 2.18 bits per heavy atom. The Balaban J connectivity index is 2.10. The zero-order valence-electron chi connectivity index (χ0n) is 9.03. The van der Waals surface area contributed by atoms with Gasteiger partial charge in [0, 0.05) is 18.4 Å². The van der Waals surface area contributed by atoms with Gasteiger partial charge in [-0.25, -0.2) is 9.37 Å². The van der Waals surface area contributed by atoms with E-state index in [0.29, 0.717) is 0 Å². The van der Waals surface area contributed by atoms with Gasteiger partial charge in [0.2, 0.25) is 0 Å². The van der Waals surface area contributed by atoms with Gasteiger partial charge in [-0.1, -0.05) is 6.07 Å². The molecule has 0 unspecified atom stereocenters. The second kappa shape index (κ2) is 4.11. The number of fused-ring (bicyclic) bond motifs is 1. The van der Waals surface area contributed by atoms with E-state index in [0.717, 1.165) is 28.9 Å². The van der Waals surface area contributed by atoms with Crippen LogP contribution >= 0.6 is 15.9 Å². The smallest absolute Gasteiger partial charge is 0.147 e. The van der Waals surface area contributed by atoms with E-state index in [1.165, 1.54) is 11.6 Å². The first kappa shape index (κ1) is 10.7. The van der Waals surface area contributed by atoms with Crippen LogP contribution in [0.3, 0.4) is 0 Å². The molecule has 17 heavy (non-hydrogen) atoms. The van der Waals surface area contributed by atoms with Gasteiger partial charge in [-0.3, -0.25) is 0 Å². The molecular formula is C13H10BrFN2. The number of hydrogen-bond donors (Lipinski definition) is 0. The highest BCUT2D eigenvalue weighted by Gasteiger charge is 2.23. The van der Waals surface area contributed by atoms with Gasteiger partial charge in [0.05, 0.1) is 4.47 Å². The maximum atomic E-state index is 13.3. The monoisotopic (exact) mass is 292 g/mol. The Labute approximate surface area is 107 Å². The third kappa shape index (κ3) is 1.82. The van der Waals surface area contributed by atoms with Crippen LogP contribution in [0.1, 0.15) is 5.56 Å². The Bertz CT molecular complexity index is 571. The fraction of sp³-hybridized carbons (Fsp3) is 0.154. The fourth-order valence-corrected chi connectivity index (χ4v) is 2.62. The summed E-state index contributed by atoms with van der Waals surface area (Å²) >= 11 is 3.48. The summed E-state index contributed by atoms with van der Waals surface area (Å²) in [6.45, 7) is 0.842. The molecule has 0 atom stereocenters. The number of hydrogen-bond acceptors (Lipinski definition) is 2. The van der Waals surface area contributed by atoms with Crippen LogP contribution in [0.2, 0.25) is 0 Å². The summed E-state index contributed by atoms with van der Waals surface area (Å²) in [4.78, 5) is 6.39. The summed E-state index contributed by atoms with van der Waals surface area (Å²) < 4.78 is 14.2. The summed E-state index contributed by atoms with van der Waals surface area (Å²) in [5.41, 5.74) is 2.09. The lowest BCUT2D eigenvalue weighted by atomic mass is 10.2. The van der Waals surface area contributed by atoms with E-state index in [2.05, 4.69) is 20.9 Å². The third-order valence-electron chi connectivity index (χ3n) is 2.94. The van der Waals surface area contributed by atoms with Crippen molar-refractivity contribution in [2.24, 2.45) is 0 Å². The van der Waals surface area contributed by atoms with Crippen LogP contribution in [-0.4, -0.2) is 11.5 Å². The molecule has 0 spiro atoms. The van der Waals surface area contributed by atoms with E-state index < -0.39 is 0 Å². The predicted octanol–water partition coefficient (Wildman–Crippen LogP) is 3.68. The Kier molecular flexibility index (Phi) is 2.59. The molecule has 1 aromatic heterocycles. The van der Waals surface area contributed by atoms with Gasteiger partial charge in [-0.2, -0.15) is 0 Å². The Morgan fingerprint density at radius 1 is 1.29 bits per heavy atom. The lowest BCUT2D eigenvalue weighted by Gasteiger charge is -2.19. The highest BCUT2D eigenvalue weighted by atomic mass is 79.9. The molecule has 0 N–H and O–H groups in total. The second-order valence-electron chi connectivity index (χ2n) is 3.98. The molecular weight excluding hydrogens is 283 g/mol. The van der Waals surface area contributed by atoms with Gasteiger partial charge in [-0.05, 0) is 52.2 Å². The van der Waals surface area contributed by atoms with Crippen LogP contribution in [0, 0.1) is 5.82 Å². The summed E-state index contributed by atoms with van der Waals surface area (Å²) in [6, 6.07) is 8.75. The van der Waals surface area contributed by atoms with Gasteiger partial charge in [-0.15, -0.1) is 0 Å². The molecule has 0 amide bonds. The van der Waals surface area contributed by atoms with Gasteiger partial charge in [0.1, 0.15) is 11.6 Å². The molecule has 0 bridgehead atoms. The molecule has 2 aromatic rings. The number of rotatable bonds is 1. The van der Waals surface area contributed by atoms with Crippen LogP contribution in [0.4, 0.5) is 15.9 Å². The highest BCUT2D eigenvalue weighted by Crippen LogP contribution is 2.36. The second-order valence-corrected chi connectivity index (χ2v) is 4.84. The summed E-state index contributed by atoms with van der Waals surface area (Å²) in [5.74, 6) is 0.638. The molecule has 2 nitrogen and oxygen atoms in total. The largest absolute Gasteiger partial charge is 0.325 e. The number of nitrogens with zero attached hydrogens (tertiary/aromatic N) is 2. The van der Waals surface area contributed by atoms with E-state index in [1.807, 2.05) is 23.1 Å².